The van der Waals surface area contributed by atoms with Crippen LogP contribution in [0.3, 0.4) is 0 Å². The lowest BCUT2D eigenvalue weighted by Gasteiger charge is -2.27. The molecule has 1 saturated heterocycles. The third kappa shape index (κ3) is 5.57. The van der Waals surface area contributed by atoms with Gasteiger partial charge in [-0.3, -0.25) is 9.89 Å². The molecule has 2 aromatic rings. The molecule has 1 aromatic heterocycles. The van der Waals surface area contributed by atoms with Crippen LogP contribution >= 0.6 is 0 Å². The smallest absolute Gasteiger partial charge is 0.191 e. The van der Waals surface area contributed by atoms with Crippen LogP contribution in [0.1, 0.15) is 31.7 Å². The van der Waals surface area contributed by atoms with Crippen molar-refractivity contribution in [3.8, 4) is 5.69 Å². The summed E-state index contributed by atoms with van der Waals surface area (Å²) in [5.74, 6) is 0.890. The van der Waals surface area contributed by atoms with E-state index in [-0.39, 0.29) is 0 Å². The molecular formula is C21H32N6. The highest BCUT2D eigenvalue weighted by Crippen LogP contribution is 2.13. The first-order valence-electron chi connectivity index (χ1n) is 10.1. The van der Waals surface area contributed by atoms with Gasteiger partial charge in [-0.2, -0.15) is 5.10 Å². The highest BCUT2D eigenvalue weighted by molar-refractivity contribution is 5.79. The molecule has 1 aliphatic heterocycles. The summed E-state index contributed by atoms with van der Waals surface area (Å²) < 4.78 is 1.87. The molecule has 0 radical (unpaired) electrons. The number of benzene rings is 1. The zero-order chi connectivity index (χ0) is 18.9. The van der Waals surface area contributed by atoms with E-state index in [2.05, 4.69) is 56.8 Å². The van der Waals surface area contributed by atoms with E-state index >= 15 is 0 Å². The molecule has 0 bridgehead atoms. The molecule has 1 atom stereocenters. The molecule has 0 saturated carbocycles. The number of guanidine groups is 1. The first-order valence-corrected chi connectivity index (χ1v) is 10.1. The number of nitrogens with zero attached hydrogens (tertiary/aromatic N) is 4. The minimum atomic E-state index is 0.598. The second kappa shape index (κ2) is 10.1. The molecule has 2 N–H and O–H groups in total. The molecule has 0 aliphatic carbocycles. The molecule has 6 heteroatoms. The number of hydrogen-bond donors (Lipinski definition) is 2. The van der Waals surface area contributed by atoms with Gasteiger partial charge in [-0.25, -0.2) is 4.68 Å². The van der Waals surface area contributed by atoms with Crippen molar-refractivity contribution < 1.29 is 0 Å². The van der Waals surface area contributed by atoms with Gasteiger partial charge < -0.3 is 10.6 Å². The van der Waals surface area contributed by atoms with Gasteiger partial charge in [0.2, 0.25) is 0 Å². The number of aromatic nitrogens is 2. The van der Waals surface area contributed by atoms with Crippen LogP contribution in [-0.2, 0) is 6.42 Å². The van der Waals surface area contributed by atoms with Gasteiger partial charge in [0, 0.05) is 38.6 Å². The molecule has 0 spiro atoms. The van der Waals surface area contributed by atoms with E-state index in [0.717, 1.165) is 31.2 Å². The molecule has 146 valence electrons. The third-order valence-electron chi connectivity index (χ3n) is 5.27. The topological polar surface area (TPSA) is 57.5 Å². The van der Waals surface area contributed by atoms with E-state index in [0.29, 0.717) is 6.04 Å². The average Bonchev–Trinajstić information content (AvgIpc) is 3.42. The van der Waals surface area contributed by atoms with Gasteiger partial charge in [-0.1, -0.05) is 19.1 Å². The Kier molecular flexibility index (Phi) is 7.27. The quantitative estimate of drug-likeness (QED) is 0.555. The molecule has 0 amide bonds. The van der Waals surface area contributed by atoms with Crippen molar-refractivity contribution >= 4 is 5.96 Å². The fraction of sp³-hybridized carbons (Fsp3) is 0.524. The fourth-order valence-electron chi connectivity index (χ4n) is 3.64. The highest BCUT2D eigenvalue weighted by Gasteiger charge is 2.20. The molecule has 1 aliphatic rings. The van der Waals surface area contributed by atoms with Gasteiger partial charge >= 0.3 is 0 Å². The Morgan fingerprint density at radius 1 is 1.19 bits per heavy atom. The van der Waals surface area contributed by atoms with Crippen molar-refractivity contribution in [2.24, 2.45) is 4.99 Å². The predicted molar refractivity (Wildman–Crippen MR) is 112 cm³/mol. The molecule has 1 unspecified atom stereocenters. The van der Waals surface area contributed by atoms with Gasteiger partial charge in [0.25, 0.3) is 0 Å². The van der Waals surface area contributed by atoms with E-state index < -0.39 is 0 Å². The van der Waals surface area contributed by atoms with Gasteiger partial charge in [0.1, 0.15) is 0 Å². The lowest BCUT2D eigenvalue weighted by Crippen LogP contribution is -2.46. The van der Waals surface area contributed by atoms with E-state index in [4.69, 9.17) is 0 Å². The predicted octanol–water partition coefficient (Wildman–Crippen LogP) is 2.45. The van der Waals surface area contributed by atoms with Crippen LogP contribution in [0.25, 0.3) is 5.69 Å². The summed E-state index contributed by atoms with van der Waals surface area (Å²) in [5.41, 5.74) is 2.39. The number of aliphatic imine (C=N–C) groups is 1. The molecular weight excluding hydrogens is 336 g/mol. The minimum Gasteiger partial charge on any atom is -0.356 e. The standard InChI is InChI=1S/C21H32N6/c1-3-19(26-14-4-5-15-26)17-24-21(22-2)23-13-11-18-7-9-20(10-8-18)27-16-6-12-25-27/h6-10,12,16,19H,3-5,11,13-15,17H2,1-2H3,(H2,22,23,24). The van der Waals surface area contributed by atoms with Crippen LogP contribution in [0.15, 0.2) is 47.7 Å². The van der Waals surface area contributed by atoms with E-state index in [1.165, 1.54) is 37.9 Å². The maximum Gasteiger partial charge on any atom is 0.191 e. The van der Waals surface area contributed by atoms with E-state index in [9.17, 15) is 0 Å². The summed E-state index contributed by atoms with van der Waals surface area (Å²) >= 11 is 0. The van der Waals surface area contributed by atoms with Gasteiger partial charge in [-0.15, -0.1) is 0 Å². The Balaban J connectivity index is 1.41. The normalized spacial score (nSPS) is 16.4. The molecule has 1 fully saturated rings. The zero-order valence-electron chi connectivity index (χ0n) is 16.6. The largest absolute Gasteiger partial charge is 0.356 e. The Labute approximate surface area is 162 Å². The average molecular weight is 369 g/mol. The Morgan fingerprint density at radius 2 is 1.96 bits per heavy atom. The summed E-state index contributed by atoms with van der Waals surface area (Å²) in [6.07, 6.45) is 8.56. The maximum atomic E-state index is 4.36. The maximum absolute atomic E-state index is 4.36. The summed E-state index contributed by atoms with van der Waals surface area (Å²) in [5, 5.41) is 11.2. The minimum absolute atomic E-state index is 0.598. The summed E-state index contributed by atoms with van der Waals surface area (Å²) in [4.78, 5) is 6.96. The number of hydrogen-bond acceptors (Lipinski definition) is 3. The molecule has 1 aromatic carbocycles. The monoisotopic (exact) mass is 368 g/mol. The first kappa shape index (κ1) is 19.4. The van der Waals surface area contributed by atoms with Gasteiger partial charge in [0.05, 0.1) is 5.69 Å². The second-order valence-corrected chi connectivity index (χ2v) is 7.05. The summed E-state index contributed by atoms with van der Waals surface area (Å²) in [6, 6.07) is 11.1. The Bertz CT molecular complexity index is 686. The van der Waals surface area contributed by atoms with Crippen molar-refractivity contribution in [3.63, 3.8) is 0 Å². The summed E-state index contributed by atoms with van der Waals surface area (Å²) in [6.45, 7) is 6.56. The molecule has 6 nitrogen and oxygen atoms in total. The molecule has 27 heavy (non-hydrogen) atoms. The molecule has 2 heterocycles. The van der Waals surface area contributed by atoms with Crippen LogP contribution in [0.4, 0.5) is 0 Å². The highest BCUT2D eigenvalue weighted by atomic mass is 15.3. The first-order chi connectivity index (χ1) is 13.3. The SMILES string of the molecule is CCC(CNC(=NC)NCCc1ccc(-n2cccn2)cc1)N1CCCC1. The molecule has 3 rings (SSSR count). The van der Waals surface area contributed by atoms with Crippen LogP contribution in [0.2, 0.25) is 0 Å². The fourth-order valence-corrected chi connectivity index (χ4v) is 3.64. The van der Waals surface area contributed by atoms with Crippen molar-refractivity contribution in [2.45, 2.75) is 38.6 Å². The second-order valence-electron chi connectivity index (χ2n) is 7.05. The van der Waals surface area contributed by atoms with Crippen LogP contribution in [0, 0.1) is 0 Å². The summed E-state index contributed by atoms with van der Waals surface area (Å²) in [7, 11) is 1.84. The number of rotatable bonds is 8. The van der Waals surface area contributed by atoms with Crippen molar-refractivity contribution in [2.75, 3.05) is 33.2 Å². The Hall–Kier alpha value is -2.34. The zero-order valence-corrected chi connectivity index (χ0v) is 16.6. The van der Waals surface area contributed by atoms with Crippen LogP contribution in [-0.4, -0.2) is 59.9 Å². The van der Waals surface area contributed by atoms with E-state index in [1.54, 1.807) is 6.20 Å². The lowest BCUT2D eigenvalue weighted by molar-refractivity contribution is 0.236. The van der Waals surface area contributed by atoms with E-state index in [1.807, 2.05) is 24.0 Å². The van der Waals surface area contributed by atoms with Crippen LogP contribution < -0.4 is 10.6 Å². The number of nitrogens with one attached hydrogen (secondary N) is 2. The number of likely N-dealkylation sites (tertiary alicyclic amines) is 1. The van der Waals surface area contributed by atoms with Crippen molar-refractivity contribution in [1.82, 2.24) is 25.3 Å². The van der Waals surface area contributed by atoms with Crippen LogP contribution in [0.5, 0.6) is 0 Å². The van der Waals surface area contributed by atoms with Crippen molar-refractivity contribution in [3.05, 3.63) is 48.3 Å². The Morgan fingerprint density at radius 3 is 2.59 bits per heavy atom. The van der Waals surface area contributed by atoms with Crippen molar-refractivity contribution in [1.29, 1.82) is 0 Å². The van der Waals surface area contributed by atoms with Gasteiger partial charge in [-0.05, 0) is 62.5 Å². The van der Waals surface area contributed by atoms with Gasteiger partial charge in [0.15, 0.2) is 5.96 Å². The third-order valence-corrected chi connectivity index (χ3v) is 5.27. The lowest BCUT2D eigenvalue weighted by atomic mass is 10.1.